The highest BCUT2D eigenvalue weighted by Gasteiger charge is 2.35. The molecule has 2 amide bonds. The van der Waals surface area contributed by atoms with Gasteiger partial charge in [0.25, 0.3) is 0 Å². The smallest absolute Gasteiger partial charge is 0.317 e. The van der Waals surface area contributed by atoms with E-state index in [2.05, 4.69) is 26.9 Å². The molecule has 1 aromatic carbocycles. The van der Waals surface area contributed by atoms with E-state index in [9.17, 15) is 9.18 Å². The monoisotopic (exact) mass is 590 g/mol. The van der Waals surface area contributed by atoms with Crippen LogP contribution in [0.2, 0.25) is 10.0 Å². The van der Waals surface area contributed by atoms with Gasteiger partial charge in [0.15, 0.2) is 0 Å². The number of benzene rings is 1. The minimum Gasteiger partial charge on any atom is -0.353 e. The van der Waals surface area contributed by atoms with Gasteiger partial charge in [-0.2, -0.15) is 0 Å². The topological polar surface area (TPSA) is 55.0 Å². The molecule has 2 saturated heterocycles. The highest BCUT2D eigenvalue weighted by Crippen LogP contribution is 2.32. The van der Waals surface area contributed by atoms with E-state index in [1.54, 1.807) is 12.1 Å². The van der Waals surface area contributed by atoms with Gasteiger partial charge >= 0.3 is 6.03 Å². The summed E-state index contributed by atoms with van der Waals surface area (Å²) in [7, 11) is 0. The zero-order valence-electron chi connectivity index (χ0n) is 23.6. The second-order valence-electron chi connectivity index (χ2n) is 11.3. The molecule has 218 valence electrons. The van der Waals surface area contributed by atoms with E-state index in [0.29, 0.717) is 53.4 Å². The maximum absolute atomic E-state index is 14.3. The van der Waals surface area contributed by atoms with Gasteiger partial charge in [-0.05, 0) is 75.9 Å². The van der Waals surface area contributed by atoms with Crippen LogP contribution in [-0.2, 0) is 13.1 Å². The maximum Gasteiger partial charge on any atom is 0.317 e. The number of halogens is 3. The number of nitrogens with one attached hydrogen (secondary N) is 1. The predicted molar refractivity (Wildman–Crippen MR) is 160 cm³/mol. The SMILES string of the molecule is CCNC(=O)N(Cc1cnc(N2CCN(C3CCN(Cc4ccc(Cl)cc4F)CC3)[C@@H](CC)C2)c(Cl)c1)C1CC1. The number of amides is 2. The fraction of sp³-hybridized carbons (Fsp3) is 0.600. The Morgan fingerprint density at radius 1 is 1.10 bits per heavy atom. The van der Waals surface area contributed by atoms with Gasteiger partial charge < -0.3 is 15.1 Å². The average Bonchev–Trinajstić information content (AvgIpc) is 3.79. The van der Waals surface area contributed by atoms with E-state index < -0.39 is 0 Å². The van der Waals surface area contributed by atoms with E-state index in [-0.39, 0.29) is 11.8 Å². The summed E-state index contributed by atoms with van der Waals surface area (Å²) in [5.74, 6) is 0.610. The third kappa shape index (κ3) is 7.01. The van der Waals surface area contributed by atoms with Crippen LogP contribution in [0.25, 0.3) is 0 Å². The lowest BCUT2D eigenvalue weighted by Crippen LogP contribution is -2.58. The van der Waals surface area contributed by atoms with Gasteiger partial charge in [-0.1, -0.05) is 36.2 Å². The minimum atomic E-state index is -0.223. The van der Waals surface area contributed by atoms with Gasteiger partial charge in [0.05, 0.1) is 5.02 Å². The molecule has 0 bridgehead atoms. The number of hydrogen-bond donors (Lipinski definition) is 1. The van der Waals surface area contributed by atoms with Crippen molar-refractivity contribution in [2.24, 2.45) is 0 Å². The number of rotatable bonds is 9. The molecule has 3 aliphatic rings. The molecule has 7 nitrogen and oxygen atoms in total. The third-order valence-corrected chi connectivity index (χ3v) is 9.06. The highest BCUT2D eigenvalue weighted by atomic mass is 35.5. The number of carbonyl (C=O) groups excluding carboxylic acids is 1. The molecule has 1 saturated carbocycles. The number of anilines is 1. The molecule has 1 aliphatic carbocycles. The van der Waals surface area contributed by atoms with Gasteiger partial charge in [-0.25, -0.2) is 14.2 Å². The third-order valence-electron chi connectivity index (χ3n) is 8.54. The van der Waals surface area contributed by atoms with Crippen molar-refractivity contribution in [3.8, 4) is 0 Å². The van der Waals surface area contributed by atoms with E-state index >= 15 is 0 Å². The van der Waals surface area contributed by atoms with E-state index in [4.69, 9.17) is 28.2 Å². The number of aromatic nitrogens is 1. The molecule has 0 unspecified atom stereocenters. The van der Waals surface area contributed by atoms with Crippen molar-refractivity contribution in [2.45, 2.75) is 77.2 Å². The largest absolute Gasteiger partial charge is 0.353 e. The van der Waals surface area contributed by atoms with Crippen molar-refractivity contribution < 1.29 is 9.18 Å². The first-order chi connectivity index (χ1) is 19.4. The minimum absolute atomic E-state index is 0.0184. The lowest BCUT2D eigenvalue weighted by molar-refractivity contribution is 0.0607. The van der Waals surface area contributed by atoms with Crippen LogP contribution in [-0.4, -0.2) is 83.1 Å². The number of carbonyl (C=O) groups is 1. The molecular formula is C30H41Cl2FN6O. The second-order valence-corrected chi connectivity index (χ2v) is 12.2. The Kier molecular flexibility index (Phi) is 9.72. The number of piperidine rings is 1. The lowest BCUT2D eigenvalue weighted by atomic mass is 9.97. The molecule has 0 spiro atoms. The molecule has 40 heavy (non-hydrogen) atoms. The van der Waals surface area contributed by atoms with E-state index in [1.807, 2.05) is 24.1 Å². The summed E-state index contributed by atoms with van der Waals surface area (Å²) in [6, 6.07) is 8.20. The molecule has 5 rings (SSSR count). The molecule has 1 atom stereocenters. The Morgan fingerprint density at radius 2 is 1.88 bits per heavy atom. The first kappa shape index (κ1) is 29.4. The highest BCUT2D eigenvalue weighted by molar-refractivity contribution is 6.33. The Morgan fingerprint density at radius 3 is 2.52 bits per heavy atom. The second kappa shape index (κ2) is 13.2. The molecule has 2 aromatic rings. The molecule has 2 aliphatic heterocycles. The molecule has 3 fully saturated rings. The van der Waals surface area contributed by atoms with Gasteiger partial charge in [-0.15, -0.1) is 0 Å². The maximum atomic E-state index is 14.3. The Hall–Kier alpha value is -2.13. The summed E-state index contributed by atoms with van der Waals surface area (Å²) in [6.45, 7) is 10.6. The molecule has 3 heterocycles. The fourth-order valence-electron chi connectivity index (χ4n) is 6.20. The van der Waals surface area contributed by atoms with Crippen LogP contribution in [0.15, 0.2) is 30.5 Å². The Balaban J connectivity index is 1.16. The number of piperazine rings is 1. The van der Waals surface area contributed by atoms with E-state index in [0.717, 1.165) is 76.2 Å². The lowest BCUT2D eigenvalue weighted by Gasteiger charge is -2.47. The average molecular weight is 592 g/mol. The number of urea groups is 1. The number of likely N-dealkylation sites (tertiary alicyclic amines) is 1. The first-order valence-corrected chi connectivity index (χ1v) is 15.5. The number of pyridine rings is 1. The van der Waals surface area contributed by atoms with Crippen LogP contribution in [0, 0.1) is 5.82 Å². The normalized spacial score (nSPS) is 21.0. The summed E-state index contributed by atoms with van der Waals surface area (Å²) in [6.07, 6.45) is 7.22. The summed E-state index contributed by atoms with van der Waals surface area (Å²) in [4.78, 5) is 26.5. The van der Waals surface area contributed by atoms with Crippen molar-refractivity contribution in [2.75, 3.05) is 44.2 Å². The van der Waals surface area contributed by atoms with Gasteiger partial charge in [0, 0.05) is 74.2 Å². The quantitative estimate of drug-likeness (QED) is 0.401. The molecular weight excluding hydrogens is 550 g/mol. The van der Waals surface area contributed by atoms with Crippen LogP contribution < -0.4 is 10.2 Å². The summed E-state index contributed by atoms with van der Waals surface area (Å²) < 4.78 is 14.3. The van der Waals surface area contributed by atoms with Crippen LogP contribution >= 0.6 is 23.2 Å². The summed E-state index contributed by atoms with van der Waals surface area (Å²) in [5.41, 5.74) is 1.67. The standard InChI is InChI=1S/C30H41Cl2FN6O/c1-3-24-20-37(29-27(32)15-21(17-35-29)18-39(25-7-8-25)30(40)34-4-2)13-14-38(24)26-9-11-36(12-10-26)19-22-5-6-23(31)16-28(22)33/h5-6,15-17,24-26H,3-4,7-14,18-20H2,1-2H3,(H,34,40)/t24-/m0/s1. The fourth-order valence-corrected chi connectivity index (χ4v) is 6.67. The van der Waals surface area contributed by atoms with Crippen LogP contribution in [0.3, 0.4) is 0 Å². The van der Waals surface area contributed by atoms with Gasteiger partial charge in [0.1, 0.15) is 11.6 Å². The van der Waals surface area contributed by atoms with Crippen molar-refractivity contribution in [1.82, 2.24) is 25.0 Å². The van der Waals surface area contributed by atoms with Gasteiger partial charge in [-0.3, -0.25) is 9.80 Å². The summed E-state index contributed by atoms with van der Waals surface area (Å²) >= 11 is 12.7. The van der Waals surface area contributed by atoms with Crippen LogP contribution in [0.1, 0.15) is 57.1 Å². The Labute approximate surface area is 247 Å². The van der Waals surface area contributed by atoms with Crippen LogP contribution in [0.5, 0.6) is 0 Å². The van der Waals surface area contributed by atoms with Crippen molar-refractivity contribution >= 4 is 35.1 Å². The van der Waals surface area contributed by atoms with Gasteiger partial charge in [0.2, 0.25) is 0 Å². The Bertz CT molecular complexity index is 1170. The van der Waals surface area contributed by atoms with Crippen molar-refractivity contribution in [3.63, 3.8) is 0 Å². The zero-order chi connectivity index (χ0) is 28.2. The molecule has 1 aromatic heterocycles. The molecule has 10 heteroatoms. The number of nitrogens with zero attached hydrogens (tertiary/aromatic N) is 5. The first-order valence-electron chi connectivity index (χ1n) is 14.7. The van der Waals surface area contributed by atoms with E-state index in [1.165, 1.54) is 6.07 Å². The molecule has 1 N–H and O–H groups in total. The van der Waals surface area contributed by atoms with Crippen LogP contribution in [0.4, 0.5) is 15.0 Å². The van der Waals surface area contributed by atoms with Crippen molar-refractivity contribution in [3.05, 3.63) is 57.5 Å². The zero-order valence-corrected chi connectivity index (χ0v) is 25.1. The summed E-state index contributed by atoms with van der Waals surface area (Å²) in [5, 5.41) is 4.01. The predicted octanol–water partition coefficient (Wildman–Crippen LogP) is 5.79. The van der Waals surface area contributed by atoms with Crippen molar-refractivity contribution in [1.29, 1.82) is 0 Å². The number of hydrogen-bond acceptors (Lipinski definition) is 5. The molecule has 0 radical (unpaired) electrons.